The molecule has 0 aliphatic carbocycles. The first-order valence-electron chi connectivity index (χ1n) is 5.95. The van der Waals surface area contributed by atoms with Gasteiger partial charge in [0.2, 0.25) is 0 Å². The van der Waals surface area contributed by atoms with Gasteiger partial charge in [-0.15, -0.1) is 0 Å². The lowest BCUT2D eigenvalue weighted by Gasteiger charge is -2.04. The van der Waals surface area contributed by atoms with E-state index in [-0.39, 0.29) is 17.2 Å². The molecule has 3 rings (SSSR count). The van der Waals surface area contributed by atoms with Crippen molar-refractivity contribution in [3.63, 3.8) is 0 Å². The molecule has 6 heteroatoms. The van der Waals surface area contributed by atoms with Crippen LogP contribution in [0.25, 0.3) is 11.3 Å². The molecule has 2 heterocycles. The van der Waals surface area contributed by atoms with Gasteiger partial charge in [-0.25, -0.2) is 0 Å². The summed E-state index contributed by atoms with van der Waals surface area (Å²) >= 11 is 0. The molecular weight excluding hydrogens is 258 g/mol. The van der Waals surface area contributed by atoms with Crippen LogP contribution >= 0.6 is 0 Å². The molecule has 0 aliphatic rings. The Morgan fingerprint density at radius 3 is 2.50 bits per heavy atom. The summed E-state index contributed by atoms with van der Waals surface area (Å²) in [6.07, 6.45) is 1.44. The largest absolute Gasteiger partial charge is 0.459 e. The van der Waals surface area contributed by atoms with E-state index in [0.717, 1.165) is 5.56 Å². The molecule has 0 fully saturated rings. The highest BCUT2D eigenvalue weighted by atomic mass is 16.3. The quantitative estimate of drug-likeness (QED) is 0.680. The first kappa shape index (κ1) is 12.0. The third-order valence-corrected chi connectivity index (χ3v) is 2.79. The third kappa shape index (κ3) is 2.39. The third-order valence-electron chi connectivity index (χ3n) is 2.79. The number of hydrogen-bond donors (Lipinski definition) is 3. The van der Waals surface area contributed by atoms with Crippen molar-refractivity contribution in [2.75, 3.05) is 5.32 Å². The zero-order valence-electron chi connectivity index (χ0n) is 10.3. The van der Waals surface area contributed by atoms with Gasteiger partial charge in [-0.05, 0) is 29.8 Å². The topological polar surface area (TPSA) is 90.9 Å². The van der Waals surface area contributed by atoms with Gasteiger partial charge in [-0.1, -0.05) is 12.1 Å². The lowest BCUT2D eigenvalue weighted by molar-refractivity contribution is 0.0996. The van der Waals surface area contributed by atoms with Crippen molar-refractivity contribution in [1.29, 1.82) is 0 Å². The van der Waals surface area contributed by atoms with Crippen LogP contribution in [-0.2, 0) is 0 Å². The van der Waals surface area contributed by atoms with Crippen LogP contribution in [0.5, 0.6) is 0 Å². The molecule has 0 unspecified atom stereocenters. The highest BCUT2D eigenvalue weighted by Crippen LogP contribution is 2.18. The van der Waals surface area contributed by atoms with Crippen molar-refractivity contribution >= 4 is 11.6 Å². The SMILES string of the molecule is O=C(Nc1ccc(-c2cc(=O)[nH][nH]2)cc1)c1ccco1. The predicted octanol–water partition coefficient (Wildman–Crippen LogP) is 2.22. The molecule has 0 atom stereocenters. The van der Waals surface area contributed by atoms with E-state index in [1.165, 1.54) is 12.3 Å². The maximum absolute atomic E-state index is 11.8. The zero-order valence-corrected chi connectivity index (χ0v) is 10.3. The number of amides is 1. The Balaban J connectivity index is 1.76. The number of rotatable bonds is 3. The zero-order chi connectivity index (χ0) is 13.9. The van der Waals surface area contributed by atoms with Crippen molar-refractivity contribution in [2.45, 2.75) is 0 Å². The second kappa shape index (κ2) is 4.93. The molecule has 1 amide bonds. The molecule has 3 aromatic rings. The highest BCUT2D eigenvalue weighted by Gasteiger charge is 2.08. The number of hydrogen-bond acceptors (Lipinski definition) is 3. The summed E-state index contributed by atoms with van der Waals surface area (Å²) in [6, 6.07) is 11.8. The van der Waals surface area contributed by atoms with Crippen molar-refractivity contribution in [3.8, 4) is 11.3 Å². The van der Waals surface area contributed by atoms with Gasteiger partial charge in [0.05, 0.1) is 12.0 Å². The summed E-state index contributed by atoms with van der Waals surface area (Å²) in [4.78, 5) is 22.8. The molecule has 0 radical (unpaired) electrons. The van der Waals surface area contributed by atoms with E-state index in [1.54, 1.807) is 36.4 Å². The lowest BCUT2D eigenvalue weighted by atomic mass is 10.1. The fourth-order valence-electron chi connectivity index (χ4n) is 1.82. The average molecular weight is 269 g/mol. The van der Waals surface area contributed by atoms with Gasteiger partial charge in [0.15, 0.2) is 5.76 Å². The fraction of sp³-hybridized carbons (Fsp3) is 0. The Kier molecular flexibility index (Phi) is 2.96. The van der Waals surface area contributed by atoms with Gasteiger partial charge in [-0.2, -0.15) is 0 Å². The first-order valence-corrected chi connectivity index (χ1v) is 5.95. The maximum atomic E-state index is 11.8. The molecule has 0 spiro atoms. The minimum absolute atomic E-state index is 0.185. The van der Waals surface area contributed by atoms with Crippen LogP contribution in [0.15, 0.2) is 57.9 Å². The van der Waals surface area contributed by atoms with Gasteiger partial charge < -0.3 is 9.73 Å². The molecule has 100 valence electrons. The number of furan rings is 1. The number of nitrogens with one attached hydrogen (secondary N) is 3. The van der Waals surface area contributed by atoms with Crippen molar-refractivity contribution < 1.29 is 9.21 Å². The van der Waals surface area contributed by atoms with Crippen LogP contribution in [-0.4, -0.2) is 16.1 Å². The molecule has 20 heavy (non-hydrogen) atoms. The number of carbonyl (C=O) groups excluding carboxylic acids is 1. The van der Waals surface area contributed by atoms with Gasteiger partial charge >= 0.3 is 0 Å². The molecule has 1 aromatic carbocycles. The van der Waals surface area contributed by atoms with E-state index in [4.69, 9.17) is 4.42 Å². The smallest absolute Gasteiger partial charge is 0.291 e. The highest BCUT2D eigenvalue weighted by molar-refractivity contribution is 6.02. The summed E-state index contributed by atoms with van der Waals surface area (Å²) in [7, 11) is 0. The van der Waals surface area contributed by atoms with Crippen LogP contribution in [0.1, 0.15) is 10.6 Å². The van der Waals surface area contributed by atoms with Gasteiger partial charge in [-0.3, -0.25) is 19.8 Å². The first-order chi connectivity index (χ1) is 9.72. The summed E-state index contributed by atoms with van der Waals surface area (Å²) in [5.74, 6) is -0.0538. The minimum Gasteiger partial charge on any atom is -0.459 e. The van der Waals surface area contributed by atoms with Crippen LogP contribution in [0.4, 0.5) is 5.69 Å². The average Bonchev–Trinajstić information content (AvgIpc) is 3.10. The molecule has 3 N–H and O–H groups in total. The second-order valence-electron chi connectivity index (χ2n) is 4.18. The minimum atomic E-state index is -0.308. The normalized spacial score (nSPS) is 10.4. The lowest BCUT2D eigenvalue weighted by Crippen LogP contribution is -2.10. The second-order valence-corrected chi connectivity index (χ2v) is 4.18. The van der Waals surface area contributed by atoms with Crippen molar-refractivity contribution in [3.05, 3.63) is 64.8 Å². The van der Waals surface area contributed by atoms with E-state index >= 15 is 0 Å². The summed E-state index contributed by atoms with van der Waals surface area (Å²) in [5.41, 5.74) is 2.00. The van der Waals surface area contributed by atoms with E-state index in [2.05, 4.69) is 15.5 Å². The van der Waals surface area contributed by atoms with Gasteiger partial charge in [0.1, 0.15) is 0 Å². The van der Waals surface area contributed by atoms with Gasteiger partial charge in [0.25, 0.3) is 11.5 Å². The molecule has 0 saturated carbocycles. The Hall–Kier alpha value is -3.02. The van der Waals surface area contributed by atoms with Gasteiger partial charge in [0, 0.05) is 11.8 Å². The number of benzene rings is 1. The Labute approximate surface area is 113 Å². The number of anilines is 1. The van der Waals surface area contributed by atoms with E-state index in [9.17, 15) is 9.59 Å². The maximum Gasteiger partial charge on any atom is 0.291 e. The summed E-state index contributed by atoms with van der Waals surface area (Å²) in [6.45, 7) is 0. The summed E-state index contributed by atoms with van der Waals surface area (Å²) in [5, 5.41) is 7.95. The van der Waals surface area contributed by atoms with Crippen LogP contribution in [0.2, 0.25) is 0 Å². The van der Waals surface area contributed by atoms with Crippen LogP contribution in [0.3, 0.4) is 0 Å². The molecule has 0 saturated heterocycles. The standard InChI is InChI=1S/C14H11N3O3/c18-13-8-11(16-17-13)9-3-5-10(6-4-9)15-14(19)12-2-1-7-20-12/h1-8H,(H,15,19)(H2,16,17,18). The molecule has 6 nitrogen and oxygen atoms in total. The molecule has 0 bridgehead atoms. The summed E-state index contributed by atoms with van der Waals surface area (Å²) < 4.78 is 5.01. The number of carbonyl (C=O) groups is 1. The Morgan fingerprint density at radius 2 is 1.90 bits per heavy atom. The fourth-order valence-corrected chi connectivity index (χ4v) is 1.82. The monoisotopic (exact) mass is 269 g/mol. The predicted molar refractivity (Wildman–Crippen MR) is 73.5 cm³/mol. The van der Waals surface area contributed by atoms with Crippen molar-refractivity contribution in [2.24, 2.45) is 0 Å². The van der Waals surface area contributed by atoms with E-state index in [1.807, 2.05) is 0 Å². The van der Waals surface area contributed by atoms with Crippen LogP contribution < -0.4 is 10.9 Å². The molecule has 2 aromatic heterocycles. The van der Waals surface area contributed by atoms with Crippen molar-refractivity contribution in [1.82, 2.24) is 10.2 Å². The molecular formula is C14H11N3O3. The van der Waals surface area contributed by atoms with E-state index < -0.39 is 0 Å². The number of aromatic nitrogens is 2. The Bertz CT molecular complexity index is 767. The number of H-pyrrole nitrogens is 2. The number of aromatic amines is 2. The van der Waals surface area contributed by atoms with E-state index in [0.29, 0.717) is 11.4 Å². The molecule has 0 aliphatic heterocycles. The Morgan fingerprint density at radius 1 is 1.10 bits per heavy atom. The van der Waals surface area contributed by atoms with Crippen LogP contribution in [0, 0.1) is 0 Å².